The summed E-state index contributed by atoms with van der Waals surface area (Å²) in [7, 11) is 1.64. The molecule has 1 aromatic rings. The molecule has 0 spiro atoms. The van der Waals surface area contributed by atoms with E-state index >= 15 is 0 Å². The molecule has 0 radical (unpaired) electrons. The van der Waals surface area contributed by atoms with Gasteiger partial charge in [-0.1, -0.05) is 25.2 Å². The number of ether oxygens (including phenoxy) is 1. The van der Waals surface area contributed by atoms with E-state index < -0.39 is 0 Å². The first-order chi connectivity index (χ1) is 9.67. The Morgan fingerprint density at radius 1 is 1.35 bits per heavy atom. The molecule has 20 heavy (non-hydrogen) atoms. The number of methoxy groups -OCH3 is 1. The zero-order valence-corrected chi connectivity index (χ0v) is 13.5. The molecule has 0 aliphatic carbocycles. The predicted octanol–water partition coefficient (Wildman–Crippen LogP) is 2.25. The maximum atomic E-state index is 12.6. The van der Waals surface area contributed by atoms with Crippen molar-refractivity contribution in [3.63, 3.8) is 0 Å². The summed E-state index contributed by atoms with van der Waals surface area (Å²) in [5.41, 5.74) is 0. The van der Waals surface area contributed by atoms with Crippen molar-refractivity contribution >= 4 is 22.4 Å². The zero-order valence-electron chi connectivity index (χ0n) is 12.7. The van der Waals surface area contributed by atoms with Crippen LogP contribution in [-0.4, -0.2) is 53.9 Å². The third-order valence-corrected chi connectivity index (χ3v) is 3.99. The van der Waals surface area contributed by atoms with Crippen molar-refractivity contribution in [2.75, 3.05) is 32.1 Å². The molecule has 7 heteroatoms. The van der Waals surface area contributed by atoms with Crippen molar-refractivity contribution in [1.82, 2.24) is 15.1 Å². The Morgan fingerprint density at radius 3 is 2.60 bits per heavy atom. The van der Waals surface area contributed by atoms with Crippen LogP contribution in [0, 0.1) is 0 Å². The standard InChI is InChI=1S/C13H24N4O2S/c1-5-10(6-2)17(8-9-19-4)12(18)11-15-16-13(20-11)14-7-3/h10H,5-9H2,1-4H3,(H,14,16). The fourth-order valence-electron chi connectivity index (χ4n) is 2.02. The smallest absolute Gasteiger partial charge is 0.285 e. The van der Waals surface area contributed by atoms with Crippen molar-refractivity contribution < 1.29 is 9.53 Å². The normalized spacial score (nSPS) is 10.8. The molecule has 0 saturated heterocycles. The van der Waals surface area contributed by atoms with E-state index in [1.807, 2.05) is 11.8 Å². The van der Waals surface area contributed by atoms with Gasteiger partial charge in [0.2, 0.25) is 10.1 Å². The Bertz CT molecular complexity index is 407. The second-order valence-corrected chi connectivity index (χ2v) is 5.38. The Morgan fingerprint density at radius 2 is 2.05 bits per heavy atom. The first-order valence-electron chi connectivity index (χ1n) is 7.05. The molecule has 0 atom stereocenters. The van der Waals surface area contributed by atoms with Crippen LogP contribution < -0.4 is 5.32 Å². The van der Waals surface area contributed by atoms with E-state index in [2.05, 4.69) is 29.4 Å². The summed E-state index contributed by atoms with van der Waals surface area (Å²) in [5.74, 6) is -0.0580. The van der Waals surface area contributed by atoms with Crippen LogP contribution in [0.15, 0.2) is 0 Å². The summed E-state index contributed by atoms with van der Waals surface area (Å²) in [4.78, 5) is 14.4. The van der Waals surface area contributed by atoms with Gasteiger partial charge in [0.25, 0.3) is 5.91 Å². The minimum atomic E-state index is -0.0580. The number of nitrogens with one attached hydrogen (secondary N) is 1. The highest BCUT2D eigenvalue weighted by atomic mass is 32.1. The van der Waals surface area contributed by atoms with E-state index in [4.69, 9.17) is 4.74 Å². The van der Waals surface area contributed by atoms with E-state index in [-0.39, 0.29) is 11.9 Å². The highest BCUT2D eigenvalue weighted by Gasteiger charge is 2.25. The third kappa shape index (κ3) is 4.42. The molecule has 0 saturated carbocycles. The molecule has 114 valence electrons. The molecular formula is C13H24N4O2S. The predicted molar refractivity (Wildman–Crippen MR) is 81.4 cm³/mol. The Labute approximate surface area is 124 Å². The lowest BCUT2D eigenvalue weighted by Crippen LogP contribution is -2.41. The topological polar surface area (TPSA) is 67.4 Å². The summed E-state index contributed by atoms with van der Waals surface area (Å²) in [6.07, 6.45) is 1.84. The number of carbonyl (C=O) groups is 1. The van der Waals surface area contributed by atoms with E-state index in [9.17, 15) is 4.79 Å². The molecule has 0 fully saturated rings. The summed E-state index contributed by atoms with van der Waals surface area (Å²) >= 11 is 1.30. The fraction of sp³-hybridized carbons (Fsp3) is 0.769. The molecular weight excluding hydrogens is 276 g/mol. The lowest BCUT2D eigenvalue weighted by molar-refractivity contribution is 0.0588. The van der Waals surface area contributed by atoms with Gasteiger partial charge in [-0.15, -0.1) is 10.2 Å². The average Bonchev–Trinajstić information content (AvgIpc) is 2.92. The van der Waals surface area contributed by atoms with Crippen molar-refractivity contribution in [1.29, 1.82) is 0 Å². The number of nitrogens with zero attached hydrogens (tertiary/aromatic N) is 3. The van der Waals surface area contributed by atoms with Crippen molar-refractivity contribution in [3.05, 3.63) is 5.01 Å². The largest absolute Gasteiger partial charge is 0.383 e. The summed E-state index contributed by atoms with van der Waals surface area (Å²) in [6, 6.07) is 0.212. The minimum absolute atomic E-state index is 0.0580. The van der Waals surface area contributed by atoms with Crippen LogP contribution in [-0.2, 0) is 4.74 Å². The number of hydrogen-bond donors (Lipinski definition) is 1. The number of carbonyl (C=O) groups excluding carboxylic acids is 1. The van der Waals surface area contributed by atoms with Crippen LogP contribution in [0.2, 0.25) is 0 Å². The maximum Gasteiger partial charge on any atom is 0.285 e. The van der Waals surface area contributed by atoms with Gasteiger partial charge in [-0.05, 0) is 19.8 Å². The number of anilines is 1. The van der Waals surface area contributed by atoms with Crippen LogP contribution in [0.3, 0.4) is 0 Å². The molecule has 0 unspecified atom stereocenters. The fourth-order valence-corrected chi connectivity index (χ4v) is 2.79. The van der Waals surface area contributed by atoms with Crippen LogP contribution in [0.1, 0.15) is 43.4 Å². The van der Waals surface area contributed by atoms with Crippen LogP contribution in [0.5, 0.6) is 0 Å². The summed E-state index contributed by atoms with van der Waals surface area (Å²) < 4.78 is 5.10. The van der Waals surface area contributed by atoms with E-state index in [0.717, 1.165) is 19.4 Å². The van der Waals surface area contributed by atoms with Gasteiger partial charge in [-0.3, -0.25) is 4.79 Å². The molecule has 1 aromatic heterocycles. The summed E-state index contributed by atoms with van der Waals surface area (Å²) in [5, 5.41) is 12.2. The second kappa shape index (κ2) is 8.86. The maximum absolute atomic E-state index is 12.6. The second-order valence-electron chi connectivity index (χ2n) is 4.40. The van der Waals surface area contributed by atoms with Gasteiger partial charge in [0.05, 0.1) is 6.61 Å². The molecule has 1 heterocycles. The summed E-state index contributed by atoms with van der Waals surface area (Å²) in [6.45, 7) is 8.04. The SMILES string of the molecule is CCNc1nnc(C(=O)N(CCOC)C(CC)CC)s1. The van der Waals surface area contributed by atoms with Gasteiger partial charge in [0, 0.05) is 26.2 Å². The lowest BCUT2D eigenvalue weighted by Gasteiger charge is -2.29. The van der Waals surface area contributed by atoms with Gasteiger partial charge in [0.15, 0.2) is 0 Å². The Hall–Kier alpha value is -1.21. The molecule has 0 bridgehead atoms. The highest BCUT2D eigenvalue weighted by molar-refractivity contribution is 7.17. The van der Waals surface area contributed by atoms with Crippen LogP contribution in [0.4, 0.5) is 5.13 Å². The van der Waals surface area contributed by atoms with Crippen molar-refractivity contribution in [2.24, 2.45) is 0 Å². The van der Waals surface area contributed by atoms with Gasteiger partial charge in [-0.25, -0.2) is 0 Å². The first-order valence-corrected chi connectivity index (χ1v) is 7.86. The number of aromatic nitrogens is 2. The van der Waals surface area contributed by atoms with Gasteiger partial charge >= 0.3 is 0 Å². The molecule has 6 nitrogen and oxygen atoms in total. The Balaban J connectivity index is 2.84. The quantitative estimate of drug-likeness (QED) is 0.757. The number of hydrogen-bond acceptors (Lipinski definition) is 6. The van der Waals surface area contributed by atoms with Crippen LogP contribution in [0.25, 0.3) is 0 Å². The number of rotatable bonds is 9. The van der Waals surface area contributed by atoms with Crippen molar-refractivity contribution in [3.8, 4) is 0 Å². The molecule has 0 aliphatic heterocycles. The lowest BCUT2D eigenvalue weighted by atomic mass is 10.1. The molecule has 0 aromatic carbocycles. The zero-order chi connectivity index (χ0) is 15.0. The first kappa shape index (κ1) is 16.8. The Kier molecular flexibility index (Phi) is 7.46. The van der Waals surface area contributed by atoms with Gasteiger partial charge in [-0.2, -0.15) is 0 Å². The molecule has 1 amide bonds. The monoisotopic (exact) mass is 300 g/mol. The molecule has 1 rings (SSSR count). The van der Waals surface area contributed by atoms with Crippen molar-refractivity contribution in [2.45, 2.75) is 39.7 Å². The van der Waals surface area contributed by atoms with Gasteiger partial charge < -0.3 is 15.0 Å². The molecule has 1 N–H and O–H groups in total. The van der Waals surface area contributed by atoms with E-state index in [1.54, 1.807) is 7.11 Å². The number of amides is 1. The van der Waals surface area contributed by atoms with Crippen LogP contribution >= 0.6 is 11.3 Å². The van der Waals surface area contributed by atoms with E-state index in [0.29, 0.717) is 23.3 Å². The van der Waals surface area contributed by atoms with Gasteiger partial charge in [0.1, 0.15) is 0 Å². The van der Waals surface area contributed by atoms with E-state index in [1.165, 1.54) is 11.3 Å². The minimum Gasteiger partial charge on any atom is -0.383 e. The highest BCUT2D eigenvalue weighted by Crippen LogP contribution is 2.19. The average molecular weight is 300 g/mol. The third-order valence-electron chi connectivity index (χ3n) is 3.12. The molecule has 0 aliphatic rings.